The van der Waals surface area contributed by atoms with Crippen molar-refractivity contribution in [3.63, 3.8) is 0 Å². The molecule has 0 aromatic rings. The SMILES string of the molecule is CCOP(C)(=O)OC[C@H]1O[C@@H](OC)[C@@H]2OC(C)(C)O[C@@H]21. The lowest BCUT2D eigenvalue weighted by molar-refractivity contribution is -0.229. The Balaban J connectivity index is 1.97. The first-order valence-corrected chi connectivity index (χ1v) is 8.67. The minimum absolute atomic E-state index is 0.105. The minimum Gasteiger partial charge on any atom is -0.353 e. The van der Waals surface area contributed by atoms with E-state index in [1.807, 2.05) is 13.8 Å². The van der Waals surface area contributed by atoms with E-state index in [0.29, 0.717) is 6.61 Å². The summed E-state index contributed by atoms with van der Waals surface area (Å²) in [6.07, 6.45) is -1.54. The van der Waals surface area contributed by atoms with Crippen LogP contribution in [0.25, 0.3) is 0 Å². The van der Waals surface area contributed by atoms with Crippen molar-refractivity contribution in [1.82, 2.24) is 0 Å². The highest BCUT2D eigenvalue weighted by Crippen LogP contribution is 2.45. The van der Waals surface area contributed by atoms with Gasteiger partial charge in [0, 0.05) is 13.8 Å². The molecule has 2 saturated heterocycles. The Morgan fingerprint density at radius 2 is 1.85 bits per heavy atom. The van der Waals surface area contributed by atoms with Gasteiger partial charge in [-0.15, -0.1) is 0 Å². The maximum Gasteiger partial charge on any atom is 0.327 e. The highest BCUT2D eigenvalue weighted by molar-refractivity contribution is 7.52. The van der Waals surface area contributed by atoms with E-state index in [-0.39, 0.29) is 18.8 Å². The molecular formula is C12H23O7P. The Morgan fingerprint density at radius 3 is 2.45 bits per heavy atom. The van der Waals surface area contributed by atoms with E-state index in [9.17, 15) is 4.57 Å². The lowest BCUT2D eigenvalue weighted by Crippen LogP contribution is -2.32. The molecule has 20 heavy (non-hydrogen) atoms. The molecule has 0 radical (unpaired) electrons. The lowest BCUT2D eigenvalue weighted by Gasteiger charge is -2.24. The molecule has 118 valence electrons. The van der Waals surface area contributed by atoms with Gasteiger partial charge in [-0.25, -0.2) is 0 Å². The van der Waals surface area contributed by atoms with Crippen molar-refractivity contribution in [1.29, 1.82) is 0 Å². The summed E-state index contributed by atoms with van der Waals surface area (Å²) in [6, 6.07) is 0. The molecular weight excluding hydrogens is 287 g/mol. The molecule has 8 heteroatoms. The maximum absolute atomic E-state index is 11.9. The highest BCUT2D eigenvalue weighted by atomic mass is 31.2. The van der Waals surface area contributed by atoms with Crippen LogP contribution in [0.3, 0.4) is 0 Å². The van der Waals surface area contributed by atoms with Crippen molar-refractivity contribution in [2.24, 2.45) is 0 Å². The van der Waals surface area contributed by atoms with E-state index in [4.69, 9.17) is 28.0 Å². The van der Waals surface area contributed by atoms with Gasteiger partial charge >= 0.3 is 7.60 Å². The molecule has 0 spiro atoms. The molecule has 2 heterocycles. The normalized spacial score (nSPS) is 38.6. The molecule has 2 rings (SSSR count). The zero-order valence-electron chi connectivity index (χ0n) is 12.5. The van der Waals surface area contributed by atoms with Crippen LogP contribution in [0.1, 0.15) is 20.8 Å². The zero-order valence-corrected chi connectivity index (χ0v) is 13.4. The average Bonchev–Trinajstić information content (AvgIpc) is 2.80. The zero-order chi connectivity index (χ0) is 15.0. The van der Waals surface area contributed by atoms with E-state index in [0.717, 1.165) is 0 Å². The van der Waals surface area contributed by atoms with E-state index in [1.165, 1.54) is 6.66 Å². The molecule has 5 atom stereocenters. The van der Waals surface area contributed by atoms with Gasteiger partial charge in [-0.05, 0) is 20.8 Å². The quantitative estimate of drug-likeness (QED) is 0.692. The first-order chi connectivity index (χ1) is 9.28. The second-order valence-corrected chi connectivity index (χ2v) is 7.39. The highest BCUT2D eigenvalue weighted by Gasteiger charge is 2.55. The van der Waals surface area contributed by atoms with E-state index < -0.39 is 25.8 Å². The van der Waals surface area contributed by atoms with Crippen LogP contribution in [-0.2, 0) is 32.6 Å². The van der Waals surface area contributed by atoms with Crippen molar-refractivity contribution < 1.29 is 32.6 Å². The van der Waals surface area contributed by atoms with Crippen LogP contribution in [0.5, 0.6) is 0 Å². The Bertz CT molecular complexity index is 386. The maximum atomic E-state index is 11.9. The van der Waals surface area contributed by atoms with Crippen molar-refractivity contribution in [2.75, 3.05) is 27.0 Å². The van der Waals surface area contributed by atoms with Crippen LogP contribution in [0.4, 0.5) is 0 Å². The van der Waals surface area contributed by atoms with Crippen LogP contribution in [-0.4, -0.2) is 57.4 Å². The van der Waals surface area contributed by atoms with Crippen molar-refractivity contribution in [3.05, 3.63) is 0 Å². The molecule has 2 aliphatic heterocycles. The third kappa shape index (κ3) is 3.60. The molecule has 1 unspecified atom stereocenters. The number of fused-ring (bicyclic) bond motifs is 1. The standard InChI is InChI=1S/C12H23O7P/c1-6-15-20(5,13)16-7-8-9-10(11(14-4)17-8)19-12(2,3)18-9/h8-11H,6-7H2,1-5H3/t8-,9-,10-,11-,20?/m1/s1. The van der Waals surface area contributed by atoms with Gasteiger partial charge in [-0.2, -0.15) is 0 Å². The fourth-order valence-electron chi connectivity index (χ4n) is 2.45. The topological polar surface area (TPSA) is 72.5 Å². The molecule has 2 fully saturated rings. The third-order valence-corrected chi connectivity index (χ3v) is 4.52. The van der Waals surface area contributed by atoms with Gasteiger partial charge in [0.25, 0.3) is 0 Å². The van der Waals surface area contributed by atoms with Crippen LogP contribution in [0, 0.1) is 0 Å². The second-order valence-electron chi connectivity index (χ2n) is 5.33. The van der Waals surface area contributed by atoms with Crippen molar-refractivity contribution in [2.45, 2.75) is 51.2 Å². The first-order valence-electron chi connectivity index (χ1n) is 6.68. The summed E-state index contributed by atoms with van der Waals surface area (Å²) in [6.45, 7) is 7.31. The summed E-state index contributed by atoms with van der Waals surface area (Å²) < 4.78 is 44.8. The van der Waals surface area contributed by atoms with Gasteiger partial charge in [0.15, 0.2) is 12.1 Å². The predicted molar refractivity (Wildman–Crippen MR) is 70.6 cm³/mol. The summed E-state index contributed by atoms with van der Waals surface area (Å²) in [7, 11) is -1.51. The van der Waals surface area contributed by atoms with Gasteiger partial charge in [0.1, 0.15) is 18.3 Å². The van der Waals surface area contributed by atoms with Crippen LogP contribution in [0.2, 0.25) is 0 Å². The fourth-order valence-corrected chi connectivity index (χ4v) is 3.41. The van der Waals surface area contributed by atoms with Crippen LogP contribution >= 0.6 is 7.60 Å². The van der Waals surface area contributed by atoms with Gasteiger partial charge in [0.2, 0.25) is 0 Å². The Kier molecular flexibility index (Phi) is 4.91. The van der Waals surface area contributed by atoms with E-state index in [1.54, 1.807) is 14.0 Å². The van der Waals surface area contributed by atoms with Crippen molar-refractivity contribution in [3.8, 4) is 0 Å². The van der Waals surface area contributed by atoms with Crippen LogP contribution in [0.15, 0.2) is 0 Å². The molecule has 0 amide bonds. The van der Waals surface area contributed by atoms with Gasteiger partial charge in [-0.3, -0.25) is 4.57 Å². The number of rotatable bonds is 6. The molecule has 0 aromatic heterocycles. The smallest absolute Gasteiger partial charge is 0.327 e. The summed E-state index contributed by atoms with van der Waals surface area (Å²) in [5.74, 6) is -0.691. The summed E-state index contributed by atoms with van der Waals surface area (Å²) in [5, 5.41) is 0. The lowest BCUT2D eigenvalue weighted by atomic mass is 10.1. The molecule has 0 bridgehead atoms. The third-order valence-electron chi connectivity index (χ3n) is 3.18. The molecule has 0 aromatic carbocycles. The predicted octanol–water partition coefficient (Wildman–Crippen LogP) is 1.75. The number of methoxy groups -OCH3 is 1. The van der Waals surface area contributed by atoms with Gasteiger partial charge < -0.3 is 28.0 Å². The van der Waals surface area contributed by atoms with Crippen molar-refractivity contribution >= 4 is 7.60 Å². The molecule has 0 N–H and O–H groups in total. The minimum atomic E-state index is -3.06. The molecule has 0 aliphatic carbocycles. The molecule has 0 saturated carbocycles. The Morgan fingerprint density at radius 1 is 1.20 bits per heavy atom. The van der Waals surface area contributed by atoms with Crippen LogP contribution < -0.4 is 0 Å². The molecule has 7 nitrogen and oxygen atoms in total. The monoisotopic (exact) mass is 310 g/mol. The van der Waals surface area contributed by atoms with E-state index in [2.05, 4.69) is 0 Å². The number of hydrogen-bond donors (Lipinski definition) is 0. The fraction of sp³-hybridized carbons (Fsp3) is 1.00. The van der Waals surface area contributed by atoms with Gasteiger partial charge in [0.05, 0.1) is 13.2 Å². The first kappa shape index (κ1) is 16.4. The summed E-state index contributed by atoms with van der Waals surface area (Å²) in [4.78, 5) is 0. The summed E-state index contributed by atoms with van der Waals surface area (Å²) >= 11 is 0. The Labute approximate surface area is 119 Å². The summed E-state index contributed by atoms with van der Waals surface area (Å²) in [5.41, 5.74) is 0. The second kappa shape index (κ2) is 6.01. The number of ether oxygens (including phenoxy) is 4. The Hall–Kier alpha value is -0.0100. The average molecular weight is 310 g/mol. The van der Waals surface area contributed by atoms with Gasteiger partial charge in [-0.1, -0.05) is 0 Å². The number of hydrogen-bond acceptors (Lipinski definition) is 7. The largest absolute Gasteiger partial charge is 0.353 e. The molecule has 2 aliphatic rings. The van der Waals surface area contributed by atoms with E-state index >= 15 is 0 Å².